The summed E-state index contributed by atoms with van der Waals surface area (Å²) in [5.41, 5.74) is 1.83. The Kier molecular flexibility index (Phi) is 7.12. The van der Waals surface area contributed by atoms with Crippen LogP contribution in [0.4, 0.5) is 0 Å². The first-order chi connectivity index (χ1) is 9.21. The van der Waals surface area contributed by atoms with Gasteiger partial charge >= 0.3 is 0 Å². The summed E-state index contributed by atoms with van der Waals surface area (Å²) >= 11 is 0. The van der Waals surface area contributed by atoms with Crippen LogP contribution in [0.3, 0.4) is 0 Å². The second-order valence-corrected chi connectivity index (χ2v) is 4.58. The Labute approximate surface area is 115 Å². The van der Waals surface area contributed by atoms with Gasteiger partial charge in [-0.05, 0) is 24.6 Å². The molecular formula is C15H22N2O2. The molecule has 0 aromatic heterocycles. The Hall–Kier alpha value is -1.41. The maximum absolute atomic E-state index is 8.93. The first-order valence-corrected chi connectivity index (χ1v) is 6.42. The van der Waals surface area contributed by atoms with E-state index in [-0.39, 0.29) is 0 Å². The van der Waals surface area contributed by atoms with Gasteiger partial charge < -0.3 is 9.47 Å². The van der Waals surface area contributed by atoms with Gasteiger partial charge in [0.2, 0.25) is 0 Å². The number of nitriles is 1. The lowest BCUT2D eigenvalue weighted by Crippen LogP contribution is -2.38. The molecule has 0 amide bonds. The molecule has 0 aliphatic rings. The number of hydrogen-bond donors (Lipinski definition) is 0. The van der Waals surface area contributed by atoms with Crippen molar-refractivity contribution in [1.29, 1.82) is 5.26 Å². The van der Waals surface area contributed by atoms with E-state index in [4.69, 9.17) is 14.7 Å². The van der Waals surface area contributed by atoms with E-state index in [0.29, 0.717) is 24.8 Å². The van der Waals surface area contributed by atoms with Crippen molar-refractivity contribution in [2.45, 2.75) is 19.5 Å². The van der Waals surface area contributed by atoms with Crippen molar-refractivity contribution in [2.24, 2.45) is 0 Å². The Bertz CT molecular complexity index is 415. The van der Waals surface area contributed by atoms with E-state index in [1.165, 1.54) is 0 Å². The first-order valence-electron chi connectivity index (χ1n) is 6.42. The molecule has 0 aliphatic carbocycles. The van der Waals surface area contributed by atoms with Crippen molar-refractivity contribution < 1.29 is 9.47 Å². The van der Waals surface area contributed by atoms with Crippen LogP contribution in [0.2, 0.25) is 0 Å². The number of benzene rings is 1. The fourth-order valence-electron chi connectivity index (χ4n) is 1.98. The Morgan fingerprint density at radius 1 is 1.32 bits per heavy atom. The number of rotatable bonds is 8. The van der Waals surface area contributed by atoms with Gasteiger partial charge in [0.25, 0.3) is 0 Å². The van der Waals surface area contributed by atoms with Crippen LogP contribution >= 0.6 is 0 Å². The third kappa shape index (κ3) is 5.39. The second-order valence-electron chi connectivity index (χ2n) is 4.58. The highest BCUT2D eigenvalue weighted by atomic mass is 16.5. The molecule has 0 saturated heterocycles. The van der Waals surface area contributed by atoms with Crippen LogP contribution in [0.15, 0.2) is 24.3 Å². The Morgan fingerprint density at radius 2 is 2.11 bits per heavy atom. The quantitative estimate of drug-likeness (QED) is 0.719. The number of methoxy groups -OCH3 is 2. The van der Waals surface area contributed by atoms with Gasteiger partial charge in [-0.1, -0.05) is 12.1 Å². The number of hydrogen-bond acceptors (Lipinski definition) is 4. The molecule has 1 rings (SSSR count). The first kappa shape index (κ1) is 15.6. The number of nitrogens with zero attached hydrogens (tertiary/aromatic N) is 2. The Balaban J connectivity index is 2.72. The summed E-state index contributed by atoms with van der Waals surface area (Å²) in [4.78, 5) is 2.30. The van der Waals surface area contributed by atoms with Gasteiger partial charge in [-0.3, -0.25) is 4.90 Å². The lowest BCUT2D eigenvalue weighted by Gasteiger charge is -2.28. The molecule has 4 nitrogen and oxygen atoms in total. The highest BCUT2D eigenvalue weighted by Gasteiger charge is 2.14. The highest BCUT2D eigenvalue weighted by molar-refractivity contribution is 5.32. The molecule has 0 bridgehead atoms. The SMILES string of the molecule is COCCN(Cc1cccc(C#N)c1)C(C)COC. The van der Waals surface area contributed by atoms with E-state index in [2.05, 4.69) is 17.9 Å². The van der Waals surface area contributed by atoms with Crippen LogP contribution in [0.5, 0.6) is 0 Å². The molecule has 1 aromatic carbocycles. The van der Waals surface area contributed by atoms with E-state index in [0.717, 1.165) is 18.7 Å². The highest BCUT2D eigenvalue weighted by Crippen LogP contribution is 2.10. The molecule has 1 aromatic rings. The molecule has 0 fully saturated rings. The minimum Gasteiger partial charge on any atom is -0.383 e. The van der Waals surface area contributed by atoms with Crippen LogP contribution in [-0.4, -0.2) is 44.9 Å². The zero-order chi connectivity index (χ0) is 14.1. The summed E-state index contributed by atoms with van der Waals surface area (Å²) in [6.07, 6.45) is 0. The van der Waals surface area contributed by atoms with Crippen LogP contribution in [0, 0.1) is 11.3 Å². The zero-order valence-corrected chi connectivity index (χ0v) is 11.9. The molecule has 0 N–H and O–H groups in total. The van der Waals surface area contributed by atoms with Gasteiger partial charge in [-0.25, -0.2) is 0 Å². The number of ether oxygens (including phenoxy) is 2. The summed E-state index contributed by atoms with van der Waals surface area (Å²) in [7, 11) is 3.41. The van der Waals surface area contributed by atoms with Gasteiger partial charge in [0.15, 0.2) is 0 Å². The summed E-state index contributed by atoms with van der Waals surface area (Å²) in [5.74, 6) is 0. The van der Waals surface area contributed by atoms with Crippen molar-refractivity contribution >= 4 is 0 Å². The lowest BCUT2D eigenvalue weighted by molar-refractivity contribution is 0.0705. The molecule has 1 unspecified atom stereocenters. The smallest absolute Gasteiger partial charge is 0.0991 e. The minimum atomic E-state index is 0.311. The summed E-state index contributed by atoms with van der Waals surface area (Å²) in [6.45, 7) is 5.14. The standard InChI is InChI=1S/C15H22N2O2/c1-13(12-19-3)17(7-8-18-2)11-15-6-4-5-14(9-15)10-16/h4-6,9,13H,7-8,11-12H2,1-3H3. The summed E-state index contributed by atoms with van der Waals surface area (Å²) < 4.78 is 10.4. The van der Waals surface area contributed by atoms with Crippen LogP contribution in [-0.2, 0) is 16.0 Å². The maximum atomic E-state index is 8.93. The molecule has 0 heterocycles. The molecule has 104 valence electrons. The molecular weight excluding hydrogens is 240 g/mol. The van der Waals surface area contributed by atoms with Crippen LogP contribution in [0.25, 0.3) is 0 Å². The van der Waals surface area contributed by atoms with Gasteiger partial charge in [0, 0.05) is 33.4 Å². The van der Waals surface area contributed by atoms with Gasteiger partial charge in [-0.2, -0.15) is 5.26 Å². The van der Waals surface area contributed by atoms with Gasteiger partial charge in [0.05, 0.1) is 24.8 Å². The zero-order valence-electron chi connectivity index (χ0n) is 11.9. The lowest BCUT2D eigenvalue weighted by atomic mass is 10.1. The maximum Gasteiger partial charge on any atom is 0.0991 e. The molecule has 4 heteroatoms. The molecule has 0 aliphatic heterocycles. The summed E-state index contributed by atoms with van der Waals surface area (Å²) in [6, 6.07) is 10.2. The molecule has 0 spiro atoms. The predicted octanol–water partition coefficient (Wildman–Crippen LogP) is 2.04. The van der Waals surface area contributed by atoms with Crippen LogP contribution in [0.1, 0.15) is 18.1 Å². The Morgan fingerprint density at radius 3 is 2.74 bits per heavy atom. The van der Waals surface area contributed by atoms with E-state index in [1.54, 1.807) is 14.2 Å². The predicted molar refractivity (Wildman–Crippen MR) is 74.8 cm³/mol. The van der Waals surface area contributed by atoms with Crippen molar-refractivity contribution in [3.05, 3.63) is 35.4 Å². The third-order valence-electron chi connectivity index (χ3n) is 3.06. The molecule has 19 heavy (non-hydrogen) atoms. The van der Waals surface area contributed by atoms with Crippen molar-refractivity contribution in [3.8, 4) is 6.07 Å². The van der Waals surface area contributed by atoms with E-state index >= 15 is 0 Å². The van der Waals surface area contributed by atoms with E-state index in [9.17, 15) is 0 Å². The minimum absolute atomic E-state index is 0.311. The largest absolute Gasteiger partial charge is 0.383 e. The van der Waals surface area contributed by atoms with Crippen LogP contribution < -0.4 is 0 Å². The molecule has 1 atom stereocenters. The molecule has 0 radical (unpaired) electrons. The van der Waals surface area contributed by atoms with E-state index < -0.39 is 0 Å². The normalized spacial score (nSPS) is 12.4. The van der Waals surface area contributed by atoms with Gasteiger partial charge in [-0.15, -0.1) is 0 Å². The van der Waals surface area contributed by atoms with Crippen molar-refractivity contribution in [2.75, 3.05) is 34.0 Å². The third-order valence-corrected chi connectivity index (χ3v) is 3.06. The fourth-order valence-corrected chi connectivity index (χ4v) is 1.98. The second kappa shape index (κ2) is 8.65. The average molecular weight is 262 g/mol. The fraction of sp³-hybridized carbons (Fsp3) is 0.533. The monoisotopic (exact) mass is 262 g/mol. The average Bonchev–Trinajstić information content (AvgIpc) is 2.43. The summed E-state index contributed by atoms with van der Waals surface area (Å²) in [5, 5.41) is 8.93. The van der Waals surface area contributed by atoms with Crippen molar-refractivity contribution in [1.82, 2.24) is 4.90 Å². The van der Waals surface area contributed by atoms with Crippen molar-refractivity contribution in [3.63, 3.8) is 0 Å². The topological polar surface area (TPSA) is 45.5 Å². The van der Waals surface area contributed by atoms with E-state index in [1.807, 2.05) is 24.3 Å². The molecule has 0 saturated carbocycles. The van der Waals surface area contributed by atoms with Gasteiger partial charge in [0.1, 0.15) is 0 Å².